The topological polar surface area (TPSA) is 55.8 Å². The van der Waals surface area contributed by atoms with Crippen LogP contribution in [-0.4, -0.2) is 44.6 Å². The van der Waals surface area contributed by atoms with E-state index in [1.54, 1.807) is 16.4 Å². The number of hydrogen-bond acceptors (Lipinski definition) is 4. The summed E-state index contributed by atoms with van der Waals surface area (Å²) in [6, 6.07) is 15.4. The molecule has 0 unspecified atom stereocenters. The molecule has 1 spiro atoms. The fourth-order valence-electron chi connectivity index (χ4n) is 4.03. The number of ether oxygens (including phenoxy) is 2. The molecule has 2 aliphatic rings. The monoisotopic (exact) mass is 401 g/mol. The Morgan fingerprint density at radius 2 is 1.61 bits per heavy atom. The molecular formula is C22H27NO4S. The lowest BCUT2D eigenvalue weighted by Gasteiger charge is -2.46. The van der Waals surface area contributed by atoms with Crippen molar-refractivity contribution in [2.75, 3.05) is 26.3 Å². The van der Waals surface area contributed by atoms with Crippen molar-refractivity contribution in [1.29, 1.82) is 0 Å². The predicted molar refractivity (Wildman–Crippen MR) is 108 cm³/mol. The Bertz CT molecular complexity index is 920. The minimum Gasteiger partial charge on any atom is -0.373 e. The van der Waals surface area contributed by atoms with E-state index < -0.39 is 15.6 Å². The van der Waals surface area contributed by atoms with E-state index in [0.717, 1.165) is 11.1 Å². The van der Waals surface area contributed by atoms with E-state index >= 15 is 0 Å². The molecule has 6 heteroatoms. The van der Waals surface area contributed by atoms with E-state index in [1.807, 2.05) is 19.1 Å². The number of rotatable bonds is 3. The summed E-state index contributed by atoms with van der Waals surface area (Å²) in [4.78, 5) is 0.345. The molecule has 0 bridgehead atoms. The van der Waals surface area contributed by atoms with Gasteiger partial charge in [-0.05, 0) is 31.5 Å². The molecule has 2 aliphatic heterocycles. The average molecular weight is 402 g/mol. The van der Waals surface area contributed by atoms with Crippen LogP contribution in [0.15, 0.2) is 53.4 Å². The normalized spacial score (nSPS) is 26.4. The standard InChI is InChI=1S/C22H27NO4S/c1-17-3-7-19(8-4-17)21-15-22(11-13-26-21)16-23(12-14-27-22)28(24,25)20-9-5-18(2)6-10-20/h3-10,21H,11-16H2,1-2H3/t21-,22+/m1/s1. The summed E-state index contributed by atoms with van der Waals surface area (Å²) in [6.45, 7) is 5.74. The van der Waals surface area contributed by atoms with Gasteiger partial charge in [-0.15, -0.1) is 0 Å². The predicted octanol–water partition coefficient (Wildman–Crippen LogP) is 3.61. The molecule has 0 radical (unpaired) electrons. The summed E-state index contributed by atoms with van der Waals surface area (Å²) in [6.07, 6.45) is 1.29. The Kier molecular flexibility index (Phi) is 5.31. The molecule has 0 N–H and O–H groups in total. The number of benzene rings is 2. The van der Waals surface area contributed by atoms with Crippen molar-refractivity contribution in [3.05, 3.63) is 65.2 Å². The molecule has 2 heterocycles. The summed E-state index contributed by atoms with van der Waals surface area (Å²) in [5.41, 5.74) is 2.87. The number of morpholine rings is 1. The average Bonchev–Trinajstić information content (AvgIpc) is 2.69. The number of aryl methyl sites for hydroxylation is 2. The lowest BCUT2D eigenvalue weighted by Crippen LogP contribution is -2.56. The highest BCUT2D eigenvalue weighted by Crippen LogP contribution is 2.39. The maximum atomic E-state index is 13.2. The second kappa shape index (κ2) is 7.59. The zero-order valence-electron chi connectivity index (χ0n) is 16.4. The number of nitrogens with zero attached hydrogens (tertiary/aromatic N) is 1. The first-order valence-electron chi connectivity index (χ1n) is 9.77. The maximum Gasteiger partial charge on any atom is 0.243 e. The van der Waals surface area contributed by atoms with Crippen molar-refractivity contribution < 1.29 is 17.9 Å². The molecule has 2 aromatic carbocycles. The van der Waals surface area contributed by atoms with Crippen molar-refractivity contribution in [3.8, 4) is 0 Å². The van der Waals surface area contributed by atoms with E-state index in [4.69, 9.17) is 9.47 Å². The molecule has 2 atom stereocenters. The molecule has 28 heavy (non-hydrogen) atoms. The number of hydrogen-bond donors (Lipinski definition) is 0. The summed E-state index contributed by atoms with van der Waals surface area (Å²) in [7, 11) is -3.53. The third-order valence-electron chi connectivity index (χ3n) is 5.76. The van der Waals surface area contributed by atoms with Gasteiger partial charge in [0.05, 0.1) is 29.8 Å². The van der Waals surface area contributed by atoms with Gasteiger partial charge in [-0.25, -0.2) is 8.42 Å². The van der Waals surface area contributed by atoms with Crippen LogP contribution in [0.4, 0.5) is 0 Å². The lowest BCUT2D eigenvalue weighted by atomic mass is 9.86. The van der Waals surface area contributed by atoms with Gasteiger partial charge in [0, 0.05) is 25.9 Å². The van der Waals surface area contributed by atoms with Gasteiger partial charge in [-0.2, -0.15) is 4.31 Å². The zero-order chi connectivity index (χ0) is 19.8. The zero-order valence-corrected chi connectivity index (χ0v) is 17.2. The maximum absolute atomic E-state index is 13.2. The van der Waals surface area contributed by atoms with E-state index in [2.05, 4.69) is 31.2 Å². The fraction of sp³-hybridized carbons (Fsp3) is 0.455. The smallest absolute Gasteiger partial charge is 0.243 e. The quantitative estimate of drug-likeness (QED) is 0.788. The van der Waals surface area contributed by atoms with Gasteiger partial charge in [-0.1, -0.05) is 47.5 Å². The van der Waals surface area contributed by atoms with Gasteiger partial charge in [0.15, 0.2) is 0 Å². The summed E-state index contributed by atoms with van der Waals surface area (Å²) in [5, 5.41) is 0. The highest BCUT2D eigenvalue weighted by molar-refractivity contribution is 7.89. The van der Waals surface area contributed by atoms with Crippen LogP contribution in [0.1, 0.15) is 35.6 Å². The van der Waals surface area contributed by atoms with Gasteiger partial charge in [-0.3, -0.25) is 0 Å². The van der Waals surface area contributed by atoms with Crippen LogP contribution in [0, 0.1) is 13.8 Å². The lowest BCUT2D eigenvalue weighted by molar-refractivity contribution is -0.163. The number of sulfonamides is 1. The summed E-state index contributed by atoms with van der Waals surface area (Å²) < 4.78 is 40.1. The first kappa shape index (κ1) is 19.6. The van der Waals surface area contributed by atoms with Gasteiger partial charge >= 0.3 is 0 Å². The molecule has 0 aromatic heterocycles. The van der Waals surface area contributed by atoms with Crippen molar-refractivity contribution in [1.82, 2.24) is 4.31 Å². The van der Waals surface area contributed by atoms with Crippen LogP contribution < -0.4 is 0 Å². The van der Waals surface area contributed by atoms with Crippen LogP contribution in [0.3, 0.4) is 0 Å². The molecule has 2 fully saturated rings. The molecule has 0 saturated carbocycles. The Morgan fingerprint density at radius 1 is 0.964 bits per heavy atom. The third kappa shape index (κ3) is 3.87. The minimum atomic E-state index is -3.53. The van der Waals surface area contributed by atoms with E-state index in [-0.39, 0.29) is 6.10 Å². The van der Waals surface area contributed by atoms with Crippen molar-refractivity contribution in [2.45, 2.75) is 43.3 Å². The minimum absolute atomic E-state index is 0.0728. The Hall–Kier alpha value is -1.73. The van der Waals surface area contributed by atoms with E-state index in [9.17, 15) is 8.42 Å². The van der Waals surface area contributed by atoms with Gasteiger partial charge in [0.25, 0.3) is 0 Å². The van der Waals surface area contributed by atoms with Crippen LogP contribution in [0.2, 0.25) is 0 Å². The SMILES string of the molecule is Cc1ccc([C@H]2C[C@@]3(CCO2)CN(S(=O)(=O)c2ccc(C)cc2)CCO3)cc1. The molecule has 2 saturated heterocycles. The Labute approximate surface area is 167 Å². The molecule has 0 aliphatic carbocycles. The first-order valence-corrected chi connectivity index (χ1v) is 11.2. The molecule has 150 valence electrons. The molecule has 2 aromatic rings. The third-order valence-corrected chi connectivity index (χ3v) is 7.61. The van der Waals surface area contributed by atoms with Gasteiger partial charge in [0.1, 0.15) is 0 Å². The Balaban J connectivity index is 1.55. The largest absolute Gasteiger partial charge is 0.373 e. The molecule has 0 amide bonds. The van der Waals surface area contributed by atoms with Crippen LogP contribution in [-0.2, 0) is 19.5 Å². The van der Waals surface area contributed by atoms with Crippen LogP contribution in [0.25, 0.3) is 0 Å². The van der Waals surface area contributed by atoms with E-state index in [1.165, 1.54) is 5.56 Å². The van der Waals surface area contributed by atoms with Crippen LogP contribution in [0.5, 0.6) is 0 Å². The molecular weight excluding hydrogens is 374 g/mol. The van der Waals surface area contributed by atoms with Gasteiger partial charge in [0.2, 0.25) is 10.0 Å². The second-order valence-corrected chi connectivity index (χ2v) is 9.85. The Morgan fingerprint density at radius 3 is 2.29 bits per heavy atom. The van der Waals surface area contributed by atoms with Crippen molar-refractivity contribution >= 4 is 10.0 Å². The highest BCUT2D eigenvalue weighted by Gasteiger charge is 2.45. The van der Waals surface area contributed by atoms with E-state index in [0.29, 0.717) is 44.0 Å². The molecule has 4 rings (SSSR count). The second-order valence-electron chi connectivity index (χ2n) is 7.91. The fourth-order valence-corrected chi connectivity index (χ4v) is 5.53. The summed E-state index contributed by atoms with van der Waals surface area (Å²) >= 11 is 0. The first-order chi connectivity index (χ1) is 13.4. The highest BCUT2D eigenvalue weighted by atomic mass is 32.2. The van der Waals surface area contributed by atoms with Crippen LogP contribution >= 0.6 is 0 Å². The summed E-state index contributed by atoms with van der Waals surface area (Å²) in [5.74, 6) is 0. The van der Waals surface area contributed by atoms with Crippen molar-refractivity contribution in [2.24, 2.45) is 0 Å². The van der Waals surface area contributed by atoms with Gasteiger partial charge < -0.3 is 9.47 Å². The molecule has 5 nitrogen and oxygen atoms in total. The van der Waals surface area contributed by atoms with Crippen molar-refractivity contribution in [3.63, 3.8) is 0 Å².